The van der Waals surface area contributed by atoms with Crippen molar-refractivity contribution in [2.45, 2.75) is 26.4 Å². The Balaban J connectivity index is 1.90. The lowest BCUT2D eigenvalue weighted by Gasteiger charge is -2.19. The van der Waals surface area contributed by atoms with Crippen LogP contribution in [-0.4, -0.2) is 29.8 Å². The molecule has 2 aromatic rings. The van der Waals surface area contributed by atoms with Crippen LogP contribution in [0.1, 0.15) is 20.8 Å². The number of nitrogen functional groups attached to an aromatic ring is 1. The number of hydrogen-bond donors (Lipinski definition) is 3. The molecule has 6 nitrogen and oxygen atoms in total. The summed E-state index contributed by atoms with van der Waals surface area (Å²) >= 11 is 0. The molecule has 1 heterocycles. The van der Waals surface area contributed by atoms with Gasteiger partial charge in [-0.3, -0.25) is 0 Å². The number of fused-ring (bicyclic) bond motifs is 1. The van der Waals surface area contributed by atoms with Crippen molar-refractivity contribution >= 4 is 28.4 Å². The number of carbonyl (C=O) groups excluding carboxylic acids is 1. The Labute approximate surface area is 130 Å². The second-order valence-corrected chi connectivity index (χ2v) is 6.00. The minimum atomic E-state index is -0.494. The minimum absolute atomic E-state index is 0.426. The van der Waals surface area contributed by atoms with Gasteiger partial charge in [0.2, 0.25) is 0 Å². The molecule has 0 aliphatic rings. The van der Waals surface area contributed by atoms with Gasteiger partial charge in [0.25, 0.3) is 0 Å². The Morgan fingerprint density at radius 3 is 2.77 bits per heavy atom. The summed E-state index contributed by atoms with van der Waals surface area (Å²) < 4.78 is 5.17. The fraction of sp³-hybridized carbons (Fsp3) is 0.375. The van der Waals surface area contributed by atoms with E-state index in [1.54, 1.807) is 6.20 Å². The van der Waals surface area contributed by atoms with E-state index in [1.165, 1.54) is 0 Å². The number of nitrogens with one attached hydrogen (secondary N) is 2. The van der Waals surface area contributed by atoms with Crippen molar-refractivity contribution in [3.63, 3.8) is 0 Å². The van der Waals surface area contributed by atoms with E-state index < -0.39 is 11.7 Å². The minimum Gasteiger partial charge on any atom is -0.444 e. The highest BCUT2D eigenvalue weighted by Crippen LogP contribution is 2.23. The zero-order valence-corrected chi connectivity index (χ0v) is 13.1. The van der Waals surface area contributed by atoms with Crippen molar-refractivity contribution in [3.8, 4) is 0 Å². The molecule has 0 unspecified atom stereocenters. The third-order valence-electron chi connectivity index (χ3n) is 2.88. The van der Waals surface area contributed by atoms with Crippen LogP contribution < -0.4 is 16.4 Å². The van der Waals surface area contributed by atoms with E-state index in [9.17, 15) is 4.79 Å². The van der Waals surface area contributed by atoms with Gasteiger partial charge in [0, 0.05) is 30.4 Å². The molecular formula is C16H22N4O2. The normalized spacial score (nSPS) is 11.2. The van der Waals surface area contributed by atoms with Crippen molar-refractivity contribution in [2.24, 2.45) is 0 Å². The zero-order chi connectivity index (χ0) is 16.2. The number of hydrogen-bond acceptors (Lipinski definition) is 5. The molecule has 1 aromatic heterocycles. The van der Waals surface area contributed by atoms with Crippen LogP contribution >= 0.6 is 0 Å². The predicted octanol–water partition coefficient (Wildman–Crippen LogP) is 2.75. The number of nitrogens with zero attached hydrogens (tertiary/aromatic N) is 1. The number of rotatable bonds is 4. The first-order valence-electron chi connectivity index (χ1n) is 7.20. The molecule has 0 saturated heterocycles. The second-order valence-electron chi connectivity index (χ2n) is 6.00. The van der Waals surface area contributed by atoms with Gasteiger partial charge in [-0.05, 0) is 44.4 Å². The molecule has 1 aromatic carbocycles. The van der Waals surface area contributed by atoms with Gasteiger partial charge in [-0.15, -0.1) is 0 Å². The molecular weight excluding hydrogens is 280 g/mol. The predicted molar refractivity (Wildman–Crippen MR) is 88.9 cm³/mol. The summed E-state index contributed by atoms with van der Waals surface area (Å²) in [6, 6.07) is 7.62. The Morgan fingerprint density at radius 1 is 1.27 bits per heavy atom. The van der Waals surface area contributed by atoms with Crippen LogP contribution in [-0.2, 0) is 4.74 Å². The number of carbonyl (C=O) groups is 1. The first kappa shape index (κ1) is 15.9. The van der Waals surface area contributed by atoms with E-state index in [1.807, 2.05) is 45.0 Å². The highest BCUT2D eigenvalue weighted by molar-refractivity contribution is 5.93. The third-order valence-corrected chi connectivity index (χ3v) is 2.88. The second kappa shape index (κ2) is 6.51. The smallest absolute Gasteiger partial charge is 0.407 e. The van der Waals surface area contributed by atoms with Crippen LogP contribution in [0.15, 0.2) is 30.5 Å². The van der Waals surface area contributed by atoms with Crippen LogP contribution in [0.2, 0.25) is 0 Å². The lowest BCUT2D eigenvalue weighted by Crippen LogP contribution is -2.35. The molecule has 0 radical (unpaired) electrons. The van der Waals surface area contributed by atoms with Gasteiger partial charge in [0.1, 0.15) is 11.4 Å². The third kappa shape index (κ3) is 4.51. The highest BCUT2D eigenvalue weighted by Gasteiger charge is 2.15. The average molecular weight is 302 g/mol. The van der Waals surface area contributed by atoms with Crippen molar-refractivity contribution in [3.05, 3.63) is 30.5 Å². The van der Waals surface area contributed by atoms with Crippen LogP contribution in [0, 0.1) is 0 Å². The fourth-order valence-corrected chi connectivity index (χ4v) is 1.99. The number of anilines is 2. The summed E-state index contributed by atoms with van der Waals surface area (Å²) in [6.45, 7) is 6.47. The molecule has 4 N–H and O–H groups in total. The van der Waals surface area contributed by atoms with Gasteiger partial charge >= 0.3 is 6.09 Å². The van der Waals surface area contributed by atoms with Gasteiger partial charge in [-0.25, -0.2) is 9.78 Å². The molecule has 0 saturated carbocycles. The van der Waals surface area contributed by atoms with Crippen molar-refractivity contribution in [1.29, 1.82) is 0 Å². The van der Waals surface area contributed by atoms with Gasteiger partial charge in [0.05, 0.1) is 0 Å². The quantitative estimate of drug-likeness (QED) is 0.597. The number of amides is 1. The molecule has 0 aliphatic heterocycles. The number of aromatic nitrogens is 1. The van der Waals surface area contributed by atoms with Crippen LogP contribution in [0.3, 0.4) is 0 Å². The molecule has 22 heavy (non-hydrogen) atoms. The topological polar surface area (TPSA) is 89.3 Å². The van der Waals surface area contributed by atoms with E-state index in [0.717, 1.165) is 16.6 Å². The average Bonchev–Trinajstić information content (AvgIpc) is 2.42. The monoisotopic (exact) mass is 302 g/mol. The first-order chi connectivity index (χ1) is 10.3. The number of ether oxygens (including phenoxy) is 1. The van der Waals surface area contributed by atoms with Crippen LogP contribution in [0.25, 0.3) is 10.8 Å². The van der Waals surface area contributed by atoms with E-state index in [2.05, 4.69) is 15.6 Å². The van der Waals surface area contributed by atoms with Gasteiger partial charge in [-0.2, -0.15) is 0 Å². The fourth-order valence-electron chi connectivity index (χ4n) is 1.99. The van der Waals surface area contributed by atoms with Gasteiger partial charge in [0.15, 0.2) is 0 Å². The largest absolute Gasteiger partial charge is 0.444 e. The Morgan fingerprint density at radius 2 is 2.05 bits per heavy atom. The molecule has 2 rings (SSSR count). The maximum Gasteiger partial charge on any atom is 0.407 e. The van der Waals surface area contributed by atoms with Gasteiger partial charge < -0.3 is 21.1 Å². The van der Waals surface area contributed by atoms with Crippen molar-refractivity contribution in [1.82, 2.24) is 10.3 Å². The van der Waals surface area contributed by atoms with Crippen molar-refractivity contribution < 1.29 is 9.53 Å². The number of benzene rings is 1. The summed E-state index contributed by atoms with van der Waals surface area (Å²) in [4.78, 5) is 15.8. The SMILES string of the molecule is CC(C)(C)OC(=O)NCCNc1nccc2ccc(N)cc12. The van der Waals surface area contributed by atoms with E-state index in [0.29, 0.717) is 18.8 Å². The number of pyridine rings is 1. The molecule has 118 valence electrons. The Bertz CT molecular complexity index is 665. The number of nitrogens with two attached hydrogens (primary N) is 1. The maximum absolute atomic E-state index is 11.5. The molecule has 0 aliphatic carbocycles. The van der Waals surface area contributed by atoms with E-state index in [-0.39, 0.29) is 0 Å². The van der Waals surface area contributed by atoms with Gasteiger partial charge in [-0.1, -0.05) is 6.07 Å². The number of alkyl carbamates (subject to hydrolysis) is 1. The zero-order valence-electron chi connectivity index (χ0n) is 13.1. The van der Waals surface area contributed by atoms with Crippen LogP contribution in [0.4, 0.5) is 16.3 Å². The highest BCUT2D eigenvalue weighted by atomic mass is 16.6. The lowest BCUT2D eigenvalue weighted by atomic mass is 10.1. The molecule has 1 amide bonds. The summed E-state index contributed by atoms with van der Waals surface area (Å²) in [6.07, 6.45) is 1.31. The van der Waals surface area contributed by atoms with E-state index in [4.69, 9.17) is 10.5 Å². The summed E-state index contributed by atoms with van der Waals surface area (Å²) in [5.74, 6) is 0.746. The Hall–Kier alpha value is -2.50. The maximum atomic E-state index is 11.5. The van der Waals surface area contributed by atoms with E-state index >= 15 is 0 Å². The molecule has 0 atom stereocenters. The summed E-state index contributed by atoms with van der Waals surface area (Å²) in [5, 5.41) is 7.91. The Kier molecular flexibility index (Phi) is 4.70. The molecule has 0 spiro atoms. The summed E-state index contributed by atoms with van der Waals surface area (Å²) in [7, 11) is 0. The molecule has 0 bridgehead atoms. The van der Waals surface area contributed by atoms with Crippen LogP contribution in [0.5, 0.6) is 0 Å². The summed E-state index contributed by atoms with van der Waals surface area (Å²) in [5.41, 5.74) is 6.01. The first-order valence-corrected chi connectivity index (χ1v) is 7.20. The standard InChI is InChI=1S/C16H22N4O2/c1-16(2,3)22-15(21)20-9-8-19-14-13-10-12(17)5-4-11(13)6-7-18-14/h4-7,10H,8-9,17H2,1-3H3,(H,18,19)(H,20,21). The van der Waals surface area contributed by atoms with Crippen molar-refractivity contribution in [2.75, 3.05) is 24.1 Å². The lowest BCUT2D eigenvalue weighted by molar-refractivity contribution is 0.0530. The molecule has 6 heteroatoms. The molecule has 0 fully saturated rings.